The summed E-state index contributed by atoms with van der Waals surface area (Å²) in [6.45, 7) is -0.637. The van der Waals surface area contributed by atoms with Crippen LogP contribution in [0.25, 0.3) is 0 Å². The van der Waals surface area contributed by atoms with E-state index in [-0.39, 0.29) is 0 Å². The zero-order valence-corrected chi connectivity index (χ0v) is 54.2. The van der Waals surface area contributed by atoms with Gasteiger partial charge in [0.05, 0.1) is 58.4 Å². The molecule has 6 heterocycles. The van der Waals surface area contributed by atoms with Crippen molar-refractivity contribution in [3.8, 4) is 0 Å². The second-order valence-electron chi connectivity index (χ2n) is 25.1. The highest BCUT2D eigenvalue weighted by atomic mass is 16.8. The number of ether oxygens (including phenoxy) is 12. The van der Waals surface area contributed by atoms with Gasteiger partial charge < -0.3 is 165 Å². The zero-order valence-electron chi connectivity index (χ0n) is 54.2. The van der Waals surface area contributed by atoms with Crippen LogP contribution >= 0.6 is 0 Å². The lowest BCUT2D eigenvalue weighted by atomic mass is 9.94. The van der Waals surface area contributed by atoms with E-state index in [1.54, 1.807) is 6.08 Å². The maximum absolute atomic E-state index is 12.8. The molecule has 0 unspecified atom stereocenters. The predicted molar refractivity (Wildman–Crippen MR) is 320 cm³/mol. The third-order valence-corrected chi connectivity index (χ3v) is 17.7. The fourth-order valence-electron chi connectivity index (χ4n) is 12.3. The number of aliphatic hydroxyl groups excluding tert-OH is 18. The van der Waals surface area contributed by atoms with Crippen LogP contribution in [0.4, 0.5) is 0 Å². The van der Waals surface area contributed by atoms with E-state index in [9.17, 15) is 106 Å². The van der Waals surface area contributed by atoms with E-state index < -0.39 is 260 Å². The number of amides is 3. The summed E-state index contributed by atoms with van der Waals surface area (Å²) in [5, 5.41) is 204. The third kappa shape index (κ3) is 21.7. The molecule has 0 aromatic carbocycles. The molecular formula is C60H105N3O33. The second kappa shape index (κ2) is 40.0. The molecule has 0 aromatic rings. The fourth-order valence-corrected chi connectivity index (χ4v) is 12.3. The van der Waals surface area contributed by atoms with Gasteiger partial charge in [-0.2, -0.15) is 0 Å². The minimum Gasteiger partial charge on any atom is -0.394 e. The van der Waals surface area contributed by atoms with Gasteiger partial charge in [0.2, 0.25) is 17.7 Å². The summed E-state index contributed by atoms with van der Waals surface area (Å²) in [6.07, 6.45) is -37.2. The van der Waals surface area contributed by atoms with Crippen LogP contribution in [0.15, 0.2) is 12.2 Å². The molecule has 0 radical (unpaired) electrons. The third-order valence-electron chi connectivity index (χ3n) is 17.7. The molecule has 0 aliphatic carbocycles. The van der Waals surface area contributed by atoms with Crippen molar-refractivity contribution in [2.75, 3.05) is 46.2 Å². The lowest BCUT2D eigenvalue weighted by molar-refractivity contribution is -0.382. The van der Waals surface area contributed by atoms with Gasteiger partial charge in [-0.1, -0.05) is 83.3 Å². The Balaban J connectivity index is 1.08. The van der Waals surface area contributed by atoms with Crippen LogP contribution in [0.2, 0.25) is 0 Å². The Bertz CT molecular complexity index is 2310. The molecule has 6 fully saturated rings. The molecule has 0 aromatic heterocycles. The highest BCUT2D eigenvalue weighted by molar-refractivity contribution is 5.74. The summed E-state index contributed by atoms with van der Waals surface area (Å²) in [5.74, 6) is -2.16. The van der Waals surface area contributed by atoms with E-state index in [0.29, 0.717) is 6.42 Å². The number of nitrogens with one attached hydrogen (secondary N) is 3. The number of aliphatic hydroxyl groups is 18. The molecular weight excluding hydrogens is 1290 g/mol. The van der Waals surface area contributed by atoms with Crippen molar-refractivity contribution in [3.05, 3.63) is 12.2 Å². The normalized spacial score (nSPS) is 41.4. The first-order chi connectivity index (χ1) is 45.7. The van der Waals surface area contributed by atoms with E-state index >= 15 is 0 Å². The summed E-state index contributed by atoms with van der Waals surface area (Å²) < 4.78 is 69.7. The van der Waals surface area contributed by atoms with E-state index in [2.05, 4.69) is 22.9 Å². The summed E-state index contributed by atoms with van der Waals surface area (Å²) in [6, 6.07) is -4.50. The molecule has 6 saturated heterocycles. The van der Waals surface area contributed by atoms with Crippen molar-refractivity contribution >= 4 is 17.7 Å². The van der Waals surface area contributed by atoms with E-state index in [1.165, 1.54) is 57.9 Å². The SMILES string of the molecule is CCCCCCCCCCCCC/C=C/[C@@H](O)[C@H](CO[C@@H]1O[C@H](CO)[C@@H](O[C@@H]2O[C@H](CO)[C@H](O)[C@H](O[C@@H]3O[C@H](CO)[C@@H](O[C@@H]4O[C@H](CO[C@@H]5O[C@H](CO)[C@@H](O[C@@H]6O[C@H](CO)[C@H](O)[C@H](O)[C@H]6O)[C@H](O)[C@H]5NC(C)=O)[C@H](O)[C@H](O)[C@H]4O)[C@H](O)[C@H]3NC(C)=O)[C@H]2O)[C@H](O)[C@H]1O)NC(C)=O. The average molecular weight is 1400 g/mol. The second-order valence-corrected chi connectivity index (χ2v) is 25.1. The zero-order chi connectivity index (χ0) is 70.7. The Kier molecular flexibility index (Phi) is 34.1. The van der Waals surface area contributed by atoms with Crippen molar-refractivity contribution < 1.29 is 163 Å². The van der Waals surface area contributed by atoms with E-state index in [4.69, 9.17) is 56.8 Å². The molecule has 96 heavy (non-hydrogen) atoms. The number of allylic oxidation sites excluding steroid dienone is 1. The number of carbonyl (C=O) groups excluding carboxylic acids is 3. The van der Waals surface area contributed by atoms with Crippen LogP contribution in [0, 0.1) is 0 Å². The van der Waals surface area contributed by atoms with Crippen LogP contribution in [0.5, 0.6) is 0 Å². The molecule has 6 aliphatic rings. The largest absolute Gasteiger partial charge is 0.394 e. The number of rotatable bonds is 36. The molecule has 0 saturated carbocycles. The van der Waals surface area contributed by atoms with Gasteiger partial charge in [-0.15, -0.1) is 0 Å². The number of hydrogen-bond acceptors (Lipinski definition) is 33. The summed E-state index contributed by atoms with van der Waals surface area (Å²) >= 11 is 0. The first kappa shape index (κ1) is 81.9. The van der Waals surface area contributed by atoms with Crippen LogP contribution in [0.3, 0.4) is 0 Å². The molecule has 0 bridgehead atoms. The molecule has 0 spiro atoms. The maximum atomic E-state index is 12.8. The Morgan fingerprint density at radius 3 is 1.26 bits per heavy atom. The molecule has 6 aliphatic heterocycles. The molecule has 558 valence electrons. The van der Waals surface area contributed by atoms with E-state index in [0.717, 1.165) is 39.5 Å². The van der Waals surface area contributed by atoms with Gasteiger partial charge in [0.25, 0.3) is 0 Å². The quantitative estimate of drug-likeness (QED) is 0.0205. The van der Waals surface area contributed by atoms with Gasteiger partial charge in [0, 0.05) is 20.8 Å². The number of unbranched alkanes of at least 4 members (excludes halogenated alkanes) is 11. The average Bonchev–Trinajstić information content (AvgIpc) is 0.775. The van der Waals surface area contributed by atoms with Crippen molar-refractivity contribution in [1.82, 2.24) is 16.0 Å². The van der Waals surface area contributed by atoms with Crippen molar-refractivity contribution in [1.29, 1.82) is 0 Å². The van der Waals surface area contributed by atoms with Crippen molar-refractivity contribution in [3.63, 3.8) is 0 Å². The first-order valence-electron chi connectivity index (χ1n) is 32.9. The molecule has 36 heteroatoms. The maximum Gasteiger partial charge on any atom is 0.217 e. The van der Waals surface area contributed by atoms with Crippen molar-refractivity contribution in [2.45, 2.75) is 301 Å². The summed E-state index contributed by atoms with van der Waals surface area (Å²) in [5.41, 5.74) is 0. The predicted octanol–water partition coefficient (Wildman–Crippen LogP) is -8.67. The lowest BCUT2D eigenvalue weighted by Crippen LogP contribution is -2.70. The van der Waals surface area contributed by atoms with Gasteiger partial charge in [0.15, 0.2) is 37.7 Å². The Morgan fingerprint density at radius 1 is 0.396 bits per heavy atom. The molecule has 36 nitrogen and oxygen atoms in total. The van der Waals surface area contributed by atoms with Crippen molar-refractivity contribution in [2.24, 2.45) is 0 Å². The van der Waals surface area contributed by atoms with Crippen LogP contribution < -0.4 is 16.0 Å². The number of carbonyl (C=O) groups is 3. The topological polar surface area (TPSA) is 562 Å². The highest BCUT2D eigenvalue weighted by Gasteiger charge is 2.57. The minimum absolute atomic E-state index is 0.466. The number of hydrogen-bond donors (Lipinski definition) is 21. The standard InChI is InChI=1S/C60H105N3O33/c1-5-6-7-8-9-10-11-12-13-14-15-16-17-18-30(72)29(61-26(2)69)24-85-57-49(83)46(80)53(35(23-68)91-57)95-60-50(84)54(41(75)32(20-65)88-60)96-56-38(63-28(4)71)43(77)52(34(22-67)90-56)94-59-48(82)45(79)40(74)36(92-59)25-86-55-37(62-27(3)70)42(76)51(33(21-66)89-55)93-58-47(81)44(78)39(73)31(19-64)87-58/h17-18,29-60,64-68,72-84H,5-16,19-25H2,1-4H3,(H,61,69)(H,62,70)(H,63,71)/b18-17+/t29-,30+,31+,32+,33+,34+,35+,36+,37+,38+,39-,40-,41-,42+,43+,44-,45-,46+,47+,48+,49+,50+,51+,52+,53+,54-,55+,56-,57+,58-,59-,60-/m0/s1. The van der Waals surface area contributed by atoms with Gasteiger partial charge >= 0.3 is 0 Å². The minimum atomic E-state index is -2.18. The molecule has 32 atom stereocenters. The highest BCUT2D eigenvalue weighted by Crippen LogP contribution is 2.36. The van der Waals surface area contributed by atoms with E-state index in [1.807, 2.05) is 0 Å². The molecule has 6 rings (SSSR count). The van der Waals surface area contributed by atoms with Gasteiger partial charge in [0.1, 0.15) is 146 Å². The Morgan fingerprint density at radius 2 is 0.781 bits per heavy atom. The van der Waals surface area contributed by atoms with Gasteiger partial charge in [-0.05, 0) is 12.8 Å². The van der Waals surface area contributed by atoms with Crippen LogP contribution in [-0.2, 0) is 71.2 Å². The Hall–Kier alpha value is -3.05. The van der Waals surface area contributed by atoms with Crippen LogP contribution in [0.1, 0.15) is 105 Å². The van der Waals surface area contributed by atoms with Crippen LogP contribution in [-0.4, -0.2) is 352 Å². The molecule has 21 N–H and O–H groups in total. The van der Waals surface area contributed by atoms with Gasteiger partial charge in [-0.3, -0.25) is 14.4 Å². The molecule has 3 amide bonds. The first-order valence-corrected chi connectivity index (χ1v) is 32.9. The lowest BCUT2D eigenvalue weighted by Gasteiger charge is -2.50. The Labute approximate surface area is 554 Å². The van der Waals surface area contributed by atoms with Gasteiger partial charge in [-0.25, -0.2) is 0 Å². The summed E-state index contributed by atoms with van der Waals surface area (Å²) in [4.78, 5) is 37.4. The monoisotopic (exact) mass is 1400 g/mol. The summed E-state index contributed by atoms with van der Waals surface area (Å²) in [7, 11) is 0. The smallest absolute Gasteiger partial charge is 0.217 e. The fraction of sp³-hybridized carbons (Fsp3) is 0.917.